The molecule has 0 N–H and O–H groups in total. The summed E-state index contributed by atoms with van der Waals surface area (Å²) in [7, 11) is 0. The van der Waals surface area contributed by atoms with Gasteiger partial charge in [-0.05, 0) is 25.0 Å². The monoisotopic (exact) mass is 234 g/mol. The number of hydrogen-bond acceptors (Lipinski definition) is 4. The molecule has 0 aromatic heterocycles. The topological polar surface area (TPSA) is 44.8 Å². The summed E-state index contributed by atoms with van der Waals surface area (Å²) >= 11 is 0. The molecule has 0 spiro atoms. The predicted molar refractivity (Wildman–Crippen MR) is 60.5 cm³/mol. The van der Waals surface area contributed by atoms with Gasteiger partial charge in [0.1, 0.15) is 11.5 Å². The first-order valence-electron chi connectivity index (χ1n) is 5.89. The minimum absolute atomic E-state index is 0.146. The third kappa shape index (κ3) is 2.20. The Balaban J connectivity index is 1.67. The summed E-state index contributed by atoms with van der Waals surface area (Å²) in [5.41, 5.74) is 0. The van der Waals surface area contributed by atoms with Crippen LogP contribution in [0.15, 0.2) is 18.2 Å². The van der Waals surface area contributed by atoms with Crippen molar-refractivity contribution in [3.63, 3.8) is 0 Å². The van der Waals surface area contributed by atoms with Crippen molar-refractivity contribution in [2.75, 3.05) is 6.79 Å². The number of carbonyl (C=O) groups excluding carboxylic acids is 1. The van der Waals surface area contributed by atoms with Gasteiger partial charge in [-0.25, -0.2) is 0 Å². The lowest BCUT2D eigenvalue weighted by atomic mass is 9.96. The average Bonchev–Trinajstić information content (AvgIpc) is 2.79. The van der Waals surface area contributed by atoms with Gasteiger partial charge >= 0.3 is 0 Å². The predicted octanol–water partition coefficient (Wildman–Crippen LogP) is 2.31. The number of rotatable bonds is 2. The second-order valence-corrected chi connectivity index (χ2v) is 4.37. The lowest BCUT2D eigenvalue weighted by molar-refractivity contribution is -0.121. The highest BCUT2D eigenvalue weighted by Crippen LogP contribution is 2.36. The maximum atomic E-state index is 11.1. The highest BCUT2D eigenvalue weighted by atomic mass is 16.7. The molecule has 4 heteroatoms. The van der Waals surface area contributed by atoms with Crippen LogP contribution in [-0.2, 0) is 4.79 Å². The Morgan fingerprint density at radius 1 is 1.12 bits per heavy atom. The zero-order valence-corrected chi connectivity index (χ0v) is 9.48. The molecule has 4 nitrogen and oxygen atoms in total. The Labute approximate surface area is 99.5 Å². The van der Waals surface area contributed by atoms with E-state index in [1.807, 2.05) is 18.2 Å². The van der Waals surface area contributed by atoms with Gasteiger partial charge in [-0.1, -0.05) is 0 Å². The van der Waals surface area contributed by atoms with Gasteiger partial charge < -0.3 is 14.2 Å². The molecule has 1 aliphatic carbocycles. The first-order chi connectivity index (χ1) is 8.31. The fraction of sp³-hybridized carbons (Fsp3) is 0.462. The van der Waals surface area contributed by atoms with Gasteiger partial charge in [0.15, 0.2) is 11.5 Å². The van der Waals surface area contributed by atoms with E-state index in [0.717, 1.165) is 30.1 Å². The van der Waals surface area contributed by atoms with Crippen molar-refractivity contribution in [3.05, 3.63) is 18.2 Å². The summed E-state index contributed by atoms with van der Waals surface area (Å²) in [4.78, 5) is 11.1. The van der Waals surface area contributed by atoms with Gasteiger partial charge in [0.05, 0.1) is 6.10 Å². The number of benzene rings is 1. The molecule has 3 rings (SSSR count). The van der Waals surface area contributed by atoms with Gasteiger partial charge in [0, 0.05) is 18.9 Å². The molecule has 17 heavy (non-hydrogen) atoms. The molecular formula is C13H14O4. The second-order valence-electron chi connectivity index (χ2n) is 4.37. The first kappa shape index (κ1) is 10.4. The molecule has 0 amide bonds. The molecule has 1 aromatic rings. The van der Waals surface area contributed by atoms with Gasteiger partial charge in [-0.15, -0.1) is 0 Å². The summed E-state index contributed by atoms with van der Waals surface area (Å²) in [6.07, 6.45) is 3.04. The Morgan fingerprint density at radius 3 is 2.71 bits per heavy atom. The van der Waals surface area contributed by atoms with E-state index in [1.165, 1.54) is 0 Å². The van der Waals surface area contributed by atoms with Crippen LogP contribution in [0.4, 0.5) is 0 Å². The zero-order valence-electron chi connectivity index (χ0n) is 9.48. The molecule has 1 saturated carbocycles. The normalized spacial score (nSPS) is 19.4. The highest BCUT2D eigenvalue weighted by molar-refractivity contribution is 5.79. The van der Waals surface area contributed by atoms with Gasteiger partial charge in [-0.3, -0.25) is 4.79 Å². The lowest BCUT2D eigenvalue weighted by Gasteiger charge is -2.22. The van der Waals surface area contributed by atoms with Crippen LogP contribution in [0.5, 0.6) is 17.2 Å². The van der Waals surface area contributed by atoms with E-state index < -0.39 is 0 Å². The molecule has 2 aliphatic rings. The largest absolute Gasteiger partial charge is 0.490 e. The fourth-order valence-corrected chi connectivity index (χ4v) is 2.17. The number of ketones is 1. The molecule has 1 fully saturated rings. The van der Waals surface area contributed by atoms with Crippen LogP contribution in [0, 0.1) is 0 Å². The van der Waals surface area contributed by atoms with Crippen LogP contribution < -0.4 is 14.2 Å². The zero-order chi connectivity index (χ0) is 11.7. The van der Waals surface area contributed by atoms with Crippen molar-refractivity contribution >= 4 is 5.78 Å². The van der Waals surface area contributed by atoms with E-state index in [4.69, 9.17) is 14.2 Å². The summed E-state index contributed by atoms with van der Waals surface area (Å²) in [6.45, 7) is 0.275. The Kier molecular flexibility index (Phi) is 2.63. The van der Waals surface area contributed by atoms with Crippen molar-refractivity contribution in [2.45, 2.75) is 31.8 Å². The molecular weight excluding hydrogens is 220 g/mol. The van der Waals surface area contributed by atoms with Gasteiger partial charge in [-0.2, -0.15) is 0 Å². The summed E-state index contributed by atoms with van der Waals surface area (Å²) in [5.74, 6) is 2.62. The van der Waals surface area contributed by atoms with Crippen molar-refractivity contribution in [3.8, 4) is 17.2 Å². The number of hydrogen-bond donors (Lipinski definition) is 0. The maximum Gasteiger partial charge on any atom is 0.231 e. The smallest absolute Gasteiger partial charge is 0.231 e. The minimum Gasteiger partial charge on any atom is -0.490 e. The number of carbonyl (C=O) groups is 1. The highest BCUT2D eigenvalue weighted by Gasteiger charge is 2.21. The molecule has 0 radical (unpaired) electrons. The number of Topliss-reactive ketones (excluding diaryl/α,β-unsaturated/α-hetero) is 1. The van der Waals surface area contributed by atoms with E-state index in [0.29, 0.717) is 18.6 Å². The van der Waals surface area contributed by atoms with Crippen LogP contribution in [0.25, 0.3) is 0 Å². The van der Waals surface area contributed by atoms with Gasteiger partial charge in [0.2, 0.25) is 6.79 Å². The quantitative estimate of drug-likeness (QED) is 0.787. The van der Waals surface area contributed by atoms with Crippen molar-refractivity contribution in [1.82, 2.24) is 0 Å². The van der Waals surface area contributed by atoms with E-state index in [2.05, 4.69) is 0 Å². The molecule has 1 heterocycles. The summed E-state index contributed by atoms with van der Waals surface area (Å²) in [5, 5.41) is 0. The molecule has 0 saturated heterocycles. The summed E-state index contributed by atoms with van der Waals surface area (Å²) < 4.78 is 16.4. The van der Waals surface area contributed by atoms with E-state index in [1.54, 1.807) is 0 Å². The van der Waals surface area contributed by atoms with Crippen LogP contribution in [-0.4, -0.2) is 18.7 Å². The lowest BCUT2D eigenvalue weighted by Crippen LogP contribution is -2.23. The SMILES string of the molecule is O=C1CCC(Oc2ccc3c(c2)OCO3)CC1. The fourth-order valence-electron chi connectivity index (χ4n) is 2.17. The molecule has 0 unspecified atom stereocenters. The van der Waals surface area contributed by atoms with Crippen molar-refractivity contribution in [2.24, 2.45) is 0 Å². The van der Waals surface area contributed by atoms with E-state index in [-0.39, 0.29) is 12.9 Å². The molecule has 1 aliphatic heterocycles. The Morgan fingerprint density at radius 2 is 1.88 bits per heavy atom. The average molecular weight is 234 g/mol. The van der Waals surface area contributed by atoms with Crippen LogP contribution >= 0.6 is 0 Å². The molecule has 0 bridgehead atoms. The second kappa shape index (κ2) is 4.28. The van der Waals surface area contributed by atoms with Crippen LogP contribution in [0.3, 0.4) is 0 Å². The number of ether oxygens (including phenoxy) is 3. The molecule has 1 aromatic carbocycles. The third-order valence-electron chi connectivity index (χ3n) is 3.14. The number of fused-ring (bicyclic) bond motifs is 1. The van der Waals surface area contributed by atoms with E-state index >= 15 is 0 Å². The third-order valence-corrected chi connectivity index (χ3v) is 3.14. The molecule has 90 valence electrons. The van der Waals surface area contributed by atoms with Crippen molar-refractivity contribution < 1.29 is 19.0 Å². The molecule has 0 atom stereocenters. The van der Waals surface area contributed by atoms with Gasteiger partial charge in [0.25, 0.3) is 0 Å². The van der Waals surface area contributed by atoms with Crippen LogP contribution in [0.1, 0.15) is 25.7 Å². The maximum absolute atomic E-state index is 11.1. The first-order valence-corrected chi connectivity index (χ1v) is 5.89. The van der Waals surface area contributed by atoms with Crippen molar-refractivity contribution in [1.29, 1.82) is 0 Å². The summed E-state index contributed by atoms with van der Waals surface area (Å²) in [6, 6.07) is 5.58. The van der Waals surface area contributed by atoms with Crippen LogP contribution in [0.2, 0.25) is 0 Å². The minimum atomic E-state index is 0.146. The van der Waals surface area contributed by atoms with E-state index in [9.17, 15) is 4.79 Å². The standard InChI is InChI=1S/C13H14O4/c14-9-1-3-10(4-2-9)17-11-5-6-12-13(7-11)16-8-15-12/h5-7,10H,1-4,8H2. The Hall–Kier alpha value is -1.71. The Bertz CT molecular complexity index is 431.